The van der Waals surface area contributed by atoms with E-state index in [1.54, 1.807) is 0 Å². The third kappa shape index (κ3) is 4.36. The van der Waals surface area contributed by atoms with Crippen molar-refractivity contribution in [2.24, 2.45) is 0 Å². The van der Waals surface area contributed by atoms with Crippen molar-refractivity contribution in [1.29, 1.82) is 0 Å². The SMILES string of the molecule is O=C(NCCC1=CCCCC1)C(F)(F)F. The van der Waals surface area contributed by atoms with E-state index in [0.717, 1.165) is 31.3 Å². The largest absolute Gasteiger partial charge is 0.471 e. The third-order valence-electron chi connectivity index (χ3n) is 2.37. The molecule has 0 aromatic heterocycles. The average molecular weight is 221 g/mol. The van der Waals surface area contributed by atoms with Gasteiger partial charge in [-0.15, -0.1) is 0 Å². The summed E-state index contributed by atoms with van der Waals surface area (Å²) >= 11 is 0. The highest BCUT2D eigenvalue weighted by Gasteiger charge is 2.38. The van der Waals surface area contributed by atoms with Crippen molar-refractivity contribution in [2.75, 3.05) is 6.54 Å². The standard InChI is InChI=1S/C10H14F3NO/c11-10(12,13)9(15)14-7-6-8-4-2-1-3-5-8/h4H,1-3,5-7H2,(H,14,15). The molecule has 1 amide bonds. The molecule has 0 spiro atoms. The maximum atomic E-state index is 11.8. The lowest BCUT2D eigenvalue weighted by atomic mass is 9.97. The van der Waals surface area contributed by atoms with E-state index in [1.807, 2.05) is 5.32 Å². The Morgan fingerprint density at radius 1 is 1.40 bits per heavy atom. The lowest BCUT2D eigenvalue weighted by Crippen LogP contribution is -2.37. The predicted octanol–water partition coefficient (Wildman–Crippen LogP) is 2.56. The highest BCUT2D eigenvalue weighted by Crippen LogP contribution is 2.19. The number of rotatable bonds is 3. The van der Waals surface area contributed by atoms with Gasteiger partial charge in [-0.25, -0.2) is 0 Å². The Morgan fingerprint density at radius 2 is 2.13 bits per heavy atom. The summed E-state index contributed by atoms with van der Waals surface area (Å²) in [6, 6.07) is 0. The molecule has 1 aliphatic rings. The highest BCUT2D eigenvalue weighted by atomic mass is 19.4. The first-order valence-corrected chi connectivity index (χ1v) is 5.03. The number of nitrogens with one attached hydrogen (secondary N) is 1. The maximum Gasteiger partial charge on any atom is 0.471 e. The number of allylic oxidation sites excluding steroid dienone is 1. The van der Waals surface area contributed by atoms with Gasteiger partial charge in [0.15, 0.2) is 0 Å². The number of carbonyl (C=O) groups excluding carboxylic acids is 1. The Balaban J connectivity index is 2.21. The van der Waals surface area contributed by atoms with Crippen LogP contribution < -0.4 is 5.32 Å². The number of hydrogen-bond acceptors (Lipinski definition) is 1. The minimum absolute atomic E-state index is 0.0736. The van der Waals surface area contributed by atoms with E-state index in [-0.39, 0.29) is 6.54 Å². The Hall–Kier alpha value is -1.00. The van der Waals surface area contributed by atoms with Crippen molar-refractivity contribution in [3.05, 3.63) is 11.6 Å². The van der Waals surface area contributed by atoms with Crippen LogP contribution in [0.1, 0.15) is 32.1 Å². The Labute approximate surface area is 86.5 Å². The van der Waals surface area contributed by atoms with Crippen LogP contribution in [-0.2, 0) is 4.79 Å². The van der Waals surface area contributed by atoms with E-state index in [4.69, 9.17) is 0 Å². The van der Waals surface area contributed by atoms with Gasteiger partial charge in [0.1, 0.15) is 0 Å². The molecule has 5 heteroatoms. The zero-order valence-electron chi connectivity index (χ0n) is 8.36. The summed E-state index contributed by atoms with van der Waals surface area (Å²) < 4.78 is 35.4. The quantitative estimate of drug-likeness (QED) is 0.729. The number of carbonyl (C=O) groups is 1. The molecule has 0 radical (unpaired) electrons. The van der Waals surface area contributed by atoms with E-state index in [2.05, 4.69) is 6.08 Å². The van der Waals surface area contributed by atoms with Gasteiger partial charge < -0.3 is 5.32 Å². The summed E-state index contributed by atoms with van der Waals surface area (Å²) in [5, 5.41) is 1.87. The van der Waals surface area contributed by atoms with Gasteiger partial charge in [-0.1, -0.05) is 11.6 Å². The molecule has 1 N–H and O–H groups in total. The number of amides is 1. The minimum atomic E-state index is -4.76. The summed E-state index contributed by atoms with van der Waals surface area (Å²) in [7, 11) is 0. The molecule has 0 unspecified atom stereocenters. The van der Waals surface area contributed by atoms with Gasteiger partial charge in [0, 0.05) is 6.54 Å². The van der Waals surface area contributed by atoms with Crippen LogP contribution in [0.5, 0.6) is 0 Å². The maximum absolute atomic E-state index is 11.8. The summed E-state index contributed by atoms with van der Waals surface area (Å²) in [4.78, 5) is 10.5. The molecular formula is C10H14F3NO. The summed E-state index contributed by atoms with van der Waals surface area (Å²) in [5.41, 5.74) is 1.16. The lowest BCUT2D eigenvalue weighted by molar-refractivity contribution is -0.173. The number of halogens is 3. The number of alkyl halides is 3. The molecule has 0 atom stereocenters. The third-order valence-corrected chi connectivity index (χ3v) is 2.37. The Bertz CT molecular complexity index is 258. The fraction of sp³-hybridized carbons (Fsp3) is 0.700. The first-order chi connectivity index (χ1) is 7.00. The zero-order valence-corrected chi connectivity index (χ0v) is 8.36. The van der Waals surface area contributed by atoms with E-state index >= 15 is 0 Å². The number of hydrogen-bond donors (Lipinski definition) is 1. The molecule has 0 aromatic rings. The molecule has 2 nitrogen and oxygen atoms in total. The molecule has 86 valence electrons. The normalized spacial score (nSPS) is 17.1. The minimum Gasteiger partial charge on any atom is -0.348 e. The van der Waals surface area contributed by atoms with Crippen molar-refractivity contribution in [1.82, 2.24) is 5.32 Å². The van der Waals surface area contributed by atoms with Crippen LogP contribution in [0.25, 0.3) is 0 Å². The van der Waals surface area contributed by atoms with Crippen LogP contribution in [0.2, 0.25) is 0 Å². The van der Waals surface area contributed by atoms with Gasteiger partial charge in [0.25, 0.3) is 0 Å². The van der Waals surface area contributed by atoms with Crippen LogP contribution in [0.15, 0.2) is 11.6 Å². The predicted molar refractivity (Wildman–Crippen MR) is 50.2 cm³/mol. The van der Waals surface area contributed by atoms with Gasteiger partial charge in [-0.3, -0.25) is 4.79 Å². The van der Waals surface area contributed by atoms with Gasteiger partial charge in [0.05, 0.1) is 0 Å². The molecule has 0 saturated heterocycles. The van der Waals surface area contributed by atoms with Crippen molar-refractivity contribution in [3.8, 4) is 0 Å². The van der Waals surface area contributed by atoms with Crippen LogP contribution in [-0.4, -0.2) is 18.6 Å². The van der Waals surface area contributed by atoms with Crippen LogP contribution >= 0.6 is 0 Å². The lowest BCUT2D eigenvalue weighted by Gasteiger charge is -2.13. The van der Waals surface area contributed by atoms with Gasteiger partial charge >= 0.3 is 12.1 Å². The van der Waals surface area contributed by atoms with Crippen molar-refractivity contribution in [2.45, 2.75) is 38.3 Å². The smallest absolute Gasteiger partial charge is 0.348 e. The summed E-state index contributed by atoms with van der Waals surface area (Å²) in [6.45, 7) is 0.0736. The van der Waals surface area contributed by atoms with Crippen LogP contribution in [0.4, 0.5) is 13.2 Å². The molecule has 0 heterocycles. The molecule has 15 heavy (non-hydrogen) atoms. The van der Waals surface area contributed by atoms with Gasteiger partial charge in [-0.2, -0.15) is 13.2 Å². The molecule has 0 fully saturated rings. The fourth-order valence-electron chi connectivity index (χ4n) is 1.57. The molecule has 1 rings (SSSR count). The van der Waals surface area contributed by atoms with Crippen LogP contribution in [0.3, 0.4) is 0 Å². The molecule has 0 saturated carbocycles. The van der Waals surface area contributed by atoms with E-state index in [9.17, 15) is 18.0 Å². The molecule has 0 aliphatic heterocycles. The average Bonchev–Trinajstić information content (AvgIpc) is 2.18. The summed E-state index contributed by atoms with van der Waals surface area (Å²) in [6.07, 6.45) is 2.02. The zero-order chi connectivity index (χ0) is 11.3. The molecule has 1 aliphatic carbocycles. The molecular weight excluding hydrogens is 207 g/mol. The van der Waals surface area contributed by atoms with Gasteiger partial charge in [0.2, 0.25) is 0 Å². The monoisotopic (exact) mass is 221 g/mol. The van der Waals surface area contributed by atoms with Crippen molar-refractivity contribution >= 4 is 5.91 Å². The molecule has 0 aromatic carbocycles. The highest BCUT2D eigenvalue weighted by molar-refractivity contribution is 5.81. The van der Waals surface area contributed by atoms with Crippen LogP contribution in [0, 0.1) is 0 Å². The Morgan fingerprint density at radius 3 is 2.67 bits per heavy atom. The second-order valence-corrected chi connectivity index (χ2v) is 3.61. The fourth-order valence-corrected chi connectivity index (χ4v) is 1.57. The first-order valence-electron chi connectivity index (χ1n) is 5.03. The second kappa shape index (κ2) is 5.19. The first kappa shape index (κ1) is 12.1. The van der Waals surface area contributed by atoms with Crippen molar-refractivity contribution < 1.29 is 18.0 Å². The van der Waals surface area contributed by atoms with E-state index < -0.39 is 12.1 Å². The summed E-state index contributed by atoms with van der Waals surface area (Å²) in [5.74, 6) is -1.85. The van der Waals surface area contributed by atoms with Gasteiger partial charge in [-0.05, 0) is 32.1 Å². The Kier molecular flexibility index (Phi) is 4.17. The van der Waals surface area contributed by atoms with Crippen molar-refractivity contribution in [3.63, 3.8) is 0 Å². The molecule has 0 bridgehead atoms. The second-order valence-electron chi connectivity index (χ2n) is 3.61. The topological polar surface area (TPSA) is 29.1 Å². The van der Waals surface area contributed by atoms with E-state index in [1.165, 1.54) is 0 Å². The van der Waals surface area contributed by atoms with E-state index in [0.29, 0.717) is 6.42 Å².